The van der Waals surface area contributed by atoms with Gasteiger partial charge in [0.2, 0.25) is 0 Å². The zero-order valence-corrected chi connectivity index (χ0v) is 15.8. The summed E-state index contributed by atoms with van der Waals surface area (Å²) in [5, 5.41) is 9.90. The summed E-state index contributed by atoms with van der Waals surface area (Å²) in [5.41, 5.74) is 1.91. The van der Waals surface area contributed by atoms with Crippen LogP contribution < -0.4 is 5.32 Å². The molecule has 0 spiro atoms. The topological polar surface area (TPSA) is 59.3 Å². The van der Waals surface area contributed by atoms with Crippen molar-refractivity contribution < 1.29 is 4.79 Å². The number of carbonyl (C=O) groups is 1. The molecule has 128 valence electrons. The molecule has 0 saturated heterocycles. The second-order valence-corrected chi connectivity index (χ2v) is 8.17. The van der Waals surface area contributed by atoms with Gasteiger partial charge in [0.15, 0.2) is 5.17 Å². The number of halogens is 1. The van der Waals surface area contributed by atoms with Gasteiger partial charge in [-0.2, -0.15) is 5.10 Å². The number of nitrogens with one attached hydrogen (secondary N) is 1. The maximum absolute atomic E-state index is 12.5. The van der Waals surface area contributed by atoms with Gasteiger partial charge in [-0.3, -0.25) is 14.5 Å². The minimum absolute atomic E-state index is 0.113. The smallest absolute Gasteiger partial charge is 0.267 e. The van der Waals surface area contributed by atoms with Gasteiger partial charge in [-0.1, -0.05) is 41.6 Å². The Morgan fingerprint density at radius 2 is 2.24 bits per heavy atom. The molecule has 5 nitrogen and oxygen atoms in total. The number of hydrogen-bond donors (Lipinski definition) is 1. The van der Waals surface area contributed by atoms with Crippen LogP contribution in [0.2, 0.25) is 5.02 Å². The van der Waals surface area contributed by atoms with E-state index in [2.05, 4.69) is 15.4 Å². The molecule has 1 N–H and O–H groups in total. The Labute approximate surface area is 158 Å². The van der Waals surface area contributed by atoms with Crippen LogP contribution in [0.25, 0.3) is 10.2 Å². The van der Waals surface area contributed by atoms with E-state index in [4.69, 9.17) is 11.6 Å². The number of aliphatic imine (C=N–C) groups is 1. The van der Waals surface area contributed by atoms with Crippen LogP contribution in [0.5, 0.6) is 0 Å². The van der Waals surface area contributed by atoms with E-state index in [0.29, 0.717) is 16.6 Å². The molecule has 3 heterocycles. The van der Waals surface area contributed by atoms with E-state index in [1.54, 1.807) is 11.8 Å². The predicted molar refractivity (Wildman–Crippen MR) is 105 cm³/mol. The molecular weight excluding hydrogens is 376 g/mol. The van der Waals surface area contributed by atoms with Crippen LogP contribution in [-0.2, 0) is 6.54 Å². The van der Waals surface area contributed by atoms with E-state index in [9.17, 15) is 4.79 Å². The van der Waals surface area contributed by atoms with E-state index in [0.717, 1.165) is 38.8 Å². The predicted octanol–water partition coefficient (Wildman–Crippen LogP) is 3.94. The number of thioether (sulfide) groups is 1. The van der Waals surface area contributed by atoms with Crippen LogP contribution in [0.3, 0.4) is 0 Å². The zero-order valence-electron chi connectivity index (χ0n) is 13.5. The molecule has 1 aliphatic rings. The molecule has 0 aliphatic carbocycles. The standard InChI is InChI=1S/C17H15ClN4OS2/c1-10-12-8-14(15(23)20-17-19-6-7-24-17)25-16(12)22(21-10)9-11-4-2-3-5-13(11)18/h2-5,8H,6-7,9H2,1H3,(H,19,20,23). The van der Waals surface area contributed by atoms with E-state index in [1.807, 2.05) is 41.9 Å². The number of benzene rings is 1. The SMILES string of the molecule is Cc1nn(Cc2ccccc2Cl)c2sc(C(=O)NC3=NCCS3)cc12. The fraction of sp³-hybridized carbons (Fsp3) is 0.235. The van der Waals surface area contributed by atoms with Crippen molar-refractivity contribution in [1.29, 1.82) is 0 Å². The maximum atomic E-state index is 12.5. The molecular formula is C17H15ClN4OS2. The number of nitrogens with zero attached hydrogens (tertiary/aromatic N) is 3. The first-order valence-electron chi connectivity index (χ1n) is 7.81. The van der Waals surface area contributed by atoms with Gasteiger partial charge in [0.1, 0.15) is 4.83 Å². The lowest BCUT2D eigenvalue weighted by atomic mass is 10.2. The van der Waals surface area contributed by atoms with Crippen LogP contribution >= 0.6 is 34.7 Å². The summed E-state index contributed by atoms with van der Waals surface area (Å²) < 4.78 is 1.91. The molecule has 1 aromatic carbocycles. The summed E-state index contributed by atoms with van der Waals surface area (Å²) in [4.78, 5) is 18.4. The highest BCUT2D eigenvalue weighted by Crippen LogP contribution is 2.29. The summed E-state index contributed by atoms with van der Waals surface area (Å²) in [7, 11) is 0. The lowest BCUT2D eigenvalue weighted by Gasteiger charge is -2.05. The highest BCUT2D eigenvalue weighted by Gasteiger charge is 2.19. The zero-order chi connectivity index (χ0) is 17.4. The molecule has 0 radical (unpaired) electrons. The number of amides is 1. The number of rotatable bonds is 3. The minimum atomic E-state index is -0.113. The third-order valence-corrected chi connectivity index (χ3v) is 6.32. The van der Waals surface area contributed by atoms with Gasteiger partial charge < -0.3 is 5.32 Å². The number of aromatic nitrogens is 2. The van der Waals surface area contributed by atoms with E-state index < -0.39 is 0 Å². The van der Waals surface area contributed by atoms with Crippen molar-refractivity contribution in [3.8, 4) is 0 Å². The second-order valence-electron chi connectivity index (χ2n) is 5.65. The molecule has 25 heavy (non-hydrogen) atoms. The Bertz CT molecular complexity index is 992. The Balaban J connectivity index is 1.64. The van der Waals surface area contributed by atoms with Gasteiger partial charge >= 0.3 is 0 Å². The lowest BCUT2D eigenvalue weighted by molar-refractivity contribution is 0.0982. The Morgan fingerprint density at radius 1 is 1.40 bits per heavy atom. The summed E-state index contributed by atoms with van der Waals surface area (Å²) in [6.45, 7) is 3.30. The molecule has 3 aromatic rings. The number of amidine groups is 1. The number of hydrogen-bond acceptors (Lipinski definition) is 5. The van der Waals surface area contributed by atoms with Crippen molar-refractivity contribution in [2.45, 2.75) is 13.5 Å². The average molecular weight is 391 g/mol. The molecule has 0 atom stereocenters. The van der Waals surface area contributed by atoms with E-state index in [1.165, 1.54) is 11.3 Å². The van der Waals surface area contributed by atoms with Crippen LogP contribution in [-0.4, -0.2) is 33.2 Å². The molecule has 1 aliphatic heterocycles. The number of aryl methyl sites for hydroxylation is 1. The van der Waals surface area contributed by atoms with Crippen molar-refractivity contribution in [2.75, 3.05) is 12.3 Å². The third-order valence-electron chi connectivity index (χ3n) is 3.92. The summed E-state index contributed by atoms with van der Waals surface area (Å²) >= 11 is 9.28. The Hall–Kier alpha value is -1.83. The molecule has 0 saturated carbocycles. The fourth-order valence-electron chi connectivity index (χ4n) is 2.69. The van der Waals surface area contributed by atoms with Gasteiger partial charge in [0.05, 0.1) is 23.7 Å². The average Bonchev–Trinajstić information content (AvgIpc) is 3.29. The Morgan fingerprint density at radius 3 is 3.00 bits per heavy atom. The minimum Gasteiger partial charge on any atom is -0.301 e. The molecule has 0 bridgehead atoms. The Kier molecular flexibility index (Phi) is 4.54. The first-order chi connectivity index (χ1) is 12.1. The first-order valence-corrected chi connectivity index (χ1v) is 9.99. The summed E-state index contributed by atoms with van der Waals surface area (Å²) in [6, 6.07) is 9.63. The molecule has 4 rings (SSSR count). The van der Waals surface area contributed by atoms with Crippen molar-refractivity contribution in [1.82, 2.24) is 15.1 Å². The van der Waals surface area contributed by atoms with Crippen LogP contribution in [0, 0.1) is 6.92 Å². The molecule has 8 heteroatoms. The van der Waals surface area contributed by atoms with Gasteiger partial charge in [-0.25, -0.2) is 0 Å². The number of thiophene rings is 1. The van der Waals surface area contributed by atoms with Crippen LogP contribution in [0.4, 0.5) is 0 Å². The molecule has 1 amide bonds. The summed E-state index contributed by atoms with van der Waals surface area (Å²) in [6.07, 6.45) is 0. The second kappa shape index (κ2) is 6.82. The van der Waals surface area contributed by atoms with Crippen LogP contribution in [0.15, 0.2) is 35.3 Å². The van der Waals surface area contributed by atoms with Crippen molar-refractivity contribution in [3.05, 3.63) is 51.5 Å². The highest BCUT2D eigenvalue weighted by molar-refractivity contribution is 8.14. The molecule has 0 unspecified atom stereocenters. The number of carbonyl (C=O) groups excluding carboxylic acids is 1. The van der Waals surface area contributed by atoms with E-state index >= 15 is 0 Å². The van der Waals surface area contributed by atoms with E-state index in [-0.39, 0.29) is 5.91 Å². The lowest BCUT2D eigenvalue weighted by Crippen LogP contribution is -2.26. The van der Waals surface area contributed by atoms with Crippen molar-refractivity contribution >= 4 is 56.0 Å². The van der Waals surface area contributed by atoms with Gasteiger partial charge in [-0.05, 0) is 24.6 Å². The van der Waals surface area contributed by atoms with Gasteiger partial charge in [0.25, 0.3) is 5.91 Å². The normalized spacial score (nSPS) is 14.1. The molecule has 0 fully saturated rings. The quantitative estimate of drug-likeness (QED) is 0.736. The van der Waals surface area contributed by atoms with Crippen LogP contribution in [0.1, 0.15) is 20.9 Å². The van der Waals surface area contributed by atoms with Crippen molar-refractivity contribution in [3.63, 3.8) is 0 Å². The molecule has 2 aromatic heterocycles. The third kappa shape index (κ3) is 3.31. The highest BCUT2D eigenvalue weighted by atomic mass is 35.5. The first kappa shape index (κ1) is 16.6. The largest absolute Gasteiger partial charge is 0.301 e. The van der Waals surface area contributed by atoms with Crippen molar-refractivity contribution in [2.24, 2.45) is 4.99 Å². The monoisotopic (exact) mass is 390 g/mol. The number of fused-ring (bicyclic) bond motifs is 1. The van der Waals surface area contributed by atoms with Gasteiger partial charge in [0, 0.05) is 16.2 Å². The maximum Gasteiger partial charge on any atom is 0.267 e. The summed E-state index contributed by atoms with van der Waals surface area (Å²) in [5.74, 6) is 0.812. The van der Waals surface area contributed by atoms with Gasteiger partial charge in [-0.15, -0.1) is 11.3 Å². The fourth-order valence-corrected chi connectivity index (χ4v) is 4.66.